The predicted octanol–water partition coefficient (Wildman–Crippen LogP) is 15.3. The Labute approximate surface area is 322 Å². The van der Waals surface area contributed by atoms with Crippen LogP contribution in [0.25, 0.3) is 98.7 Å². The smallest absolute Gasteiger partial charge is 0.0165 e. The minimum atomic E-state index is -0.0878. The standard InChI is InChI=1S/C55H38/c1-55(2)50-27-13-26-43(53(50)49-33-32-36-15-4-6-20-44(36)54(49)55)37-28-30-38(31-29-37)51-45-21-7-9-23-47(45)52(48-24-10-8-22-46(48)51)40-18-11-17-39(34-40)42-25-12-16-35-14-3-5-19-41(35)42/h3-34H,1-2H3. The Kier molecular flexibility index (Phi) is 7.00. The summed E-state index contributed by atoms with van der Waals surface area (Å²) in [6.45, 7) is 4.77. The van der Waals surface area contributed by atoms with Crippen molar-refractivity contribution < 1.29 is 0 Å². The maximum absolute atomic E-state index is 2.39. The fourth-order valence-corrected chi connectivity index (χ4v) is 9.78. The SMILES string of the molecule is CC1(C)c2cccc(-c3ccc(-c4c5ccccc5c(-c5cccc(-c6cccc7ccccc67)c5)c5ccccc45)cc3)c2-c2ccc3ccccc3c21. The van der Waals surface area contributed by atoms with Crippen molar-refractivity contribution in [3.63, 3.8) is 0 Å². The van der Waals surface area contributed by atoms with Gasteiger partial charge in [0.15, 0.2) is 0 Å². The van der Waals surface area contributed by atoms with Gasteiger partial charge in [-0.2, -0.15) is 0 Å². The third-order valence-electron chi connectivity index (χ3n) is 12.2. The van der Waals surface area contributed by atoms with E-state index in [0.717, 1.165) is 0 Å². The molecule has 0 N–H and O–H groups in total. The van der Waals surface area contributed by atoms with E-state index >= 15 is 0 Å². The van der Waals surface area contributed by atoms with E-state index in [9.17, 15) is 0 Å². The normalized spacial score (nSPS) is 13.1. The first-order chi connectivity index (χ1) is 27.1. The summed E-state index contributed by atoms with van der Waals surface area (Å²) in [5, 5.41) is 10.3. The molecule has 0 radical (unpaired) electrons. The lowest BCUT2D eigenvalue weighted by Gasteiger charge is -2.23. The first kappa shape index (κ1) is 31.7. The van der Waals surface area contributed by atoms with E-state index in [0.29, 0.717) is 0 Å². The molecule has 55 heavy (non-hydrogen) atoms. The van der Waals surface area contributed by atoms with Crippen LogP contribution >= 0.6 is 0 Å². The summed E-state index contributed by atoms with van der Waals surface area (Å²) in [5.74, 6) is 0. The average Bonchev–Trinajstić information content (AvgIpc) is 3.49. The van der Waals surface area contributed by atoms with Gasteiger partial charge in [0.05, 0.1) is 0 Å². The molecule has 0 atom stereocenters. The van der Waals surface area contributed by atoms with Crippen molar-refractivity contribution in [1.29, 1.82) is 0 Å². The summed E-state index contributed by atoms with van der Waals surface area (Å²) in [7, 11) is 0. The molecular weight excluding hydrogens is 661 g/mol. The van der Waals surface area contributed by atoms with Crippen LogP contribution in [-0.2, 0) is 5.41 Å². The number of hydrogen-bond acceptors (Lipinski definition) is 0. The molecule has 0 aromatic heterocycles. The van der Waals surface area contributed by atoms with Gasteiger partial charge in [0, 0.05) is 5.41 Å². The van der Waals surface area contributed by atoms with Crippen LogP contribution < -0.4 is 0 Å². The number of benzene rings is 10. The average molecular weight is 699 g/mol. The Morgan fingerprint density at radius 1 is 0.291 bits per heavy atom. The molecule has 0 heterocycles. The molecule has 0 bridgehead atoms. The fraction of sp³-hybridized carbons (Fsp3) is 0.0545. The molecule has 11 rings (SSSR count). The third-order valence-corrected chi connectivity index (χ3v) is 12.2. The molecule has 258 valence electrons. The van der Waals surface area contributed by atoms with Crippen molar-refractivity contribution in [2.75, 3.05) is 0 Å². The Bertz CT molecular complexity index is 3100. The van der Waals surface area contributed by atoms with E-state index < -0.39 is 0 Å². The van der Waals surface area contributed by atoms with Crippen LogP contribution in [0.15, 0.2) is 194 Å². The molecule has 0 fully saturated rings. The van der Waals surface area contributed by atoms with E-state index in [2.05, 4.69) is 208 Å². The van der Waals surface area contributed by atoms with Gasteiger partial charge in [0.25, 0.3) is 0 Å². The summed E-state index contributed by atoms with van der Waals surface area (Å²) in [5.41, 5.74) is 15.5. The van der Waals surface area contributed by atoms with E-state index in [1.807, 2.05) is 0 Å². The monoisotopic (exact) mass is 698 g/mol. The second kappa shape index (κ2) is 12.1. The van der Waals surface area contributed by atoms with Crippen LogP contribution in [-0.4, -0.2) is 0 Å². The number of rotatable bonds is 4. The molecule has 0 unspecified atom stereocenters. The van der Waals surface area contributed by atoms with Gasteiger partial charge in [-0.3, -0.25) is 0 Å². The van der Waals surface area contributed by atoms with Crippen molar-refractivity contribution in [3.05, 3.63) is 205 Å². The Morgan fingerprint density at radius 2 is 0.782 bits per heavy atom. The van der Waals surface area contributed by atoms with E-state index in [1.165, 1.54) is 110 Å². The van der Waals surface area contributed by atoms with Crippen molar-refractivity contribution in [1.82, 2.24) is 0 Å². The molecule has 10 aromatic rings. The largest absolute Gasteiger partial charge is 0.0616 e. The molecule has 0 aliphatic heterocycles. The highest BCUT2D eigenvalue weighted by molar-refractivity contribution is 6.21. The minimum Gasteiger partial charge on any atom is -0.0616 e. The summed E-state index contributed by atoms with van der Waals surface area (Å²) in [6, 6.07) is 72.0. The van der Waals surface area contributed by atoms with E-state index in [1.54, 1.807) is 0 Å². The summed E-state index contributed by atoms with van der Waals surface area (Å²) >= 11 is 0. The number of hydrogen-bond donors (Lipinski definition) is 0. The van der Waals surface area contributed by atoms with Crippen LogP contribution in [0.1, 0.15) is 25.0 Å². The molecule has 1 aliphatic carbocycles. The van der Waals surface area contributed by atoms with Gasteiger partial charge < -0.3 is 0 Å². The Hall–Kier alpha value is -6.76. The van der Waals surface area contributed by atoms with Crippen LogP contribution in [0.4, 0.5) is 0 Å². The quantitative estimate of drug-likeness (QED) is 0.161. The molecule has 0 heteroatoms. The van der Waals surface area contributed by atoms with Crippen molar-refractivity contribution in [2.45, 2.75) is 19.3 Å². The van der Waals surface area contributed by atoms with E-state index in [-0.39, 0.29) is 5.41 Å². The summed E-state index contributed by atoms with van der Waals surface area (Å²) < 4.78 is 0. The topological polar surface area (TPSA) is 0 Å². The lowest BCUT2D eigenvalue weighted by atomic mass is 9.80. The summed E-state index contributed by atoms with van der Waals surface area (Å²) in [6.07, 6.45) is 0. The minimum absolute atomic E-state index is 0.0878. The molecule has 0 spiro atoms. The zero-order valence-electron chi connectivity index (χ0n) is 31.0. The second-order valence-electron chi connectivity index (χ2n) is 15.6. The van der Waals surface area contributed by atoms with Crippen LogP contribution in [0, 0.1) is 0 Å². The van der Waals surface area contributed by atoms with Gasteiger partial charge in [-0.05, 0) is 116 Å². The predicted molar refractivity (Wildman–Crippen MR) is 236 cm³/mol. The highest BCUT2D eigenvalue weighted by atomic mass is 14.4. The van der Waals surface area contributed by atoms with Crippen molar-refractivity contribution >= 4 is 43.1 Å². The van der Waals surface area contributed by atoms with Crippen molar-refractivity contribution in [2.24, 2.45) is 0 Å². The summed E-state index contributed by atoms with van der Waals surface area (Å²) in [4.78, 5) is 0. The van der Waals surface area contributed by atoms with Gasteiger partial charge in [-0.25, -0.2) is 0 Å². The maximum atomic E-state index is 2.39. The second-order valence-corrected chi connectivity index (χ2v) is 15.6. The lowest BCUT2D eigenvalue weighted by Crippen LogP contribution is -2.15. The highest BCUT2D eigenvalue weighted by Crippen LogP contribution is 2.54. The zero-order valence-corrected chi connectivity index (χ0v) is 31.0. The molecule has 0 saturated heterocycles. The molecule has 1 aliphatic rings. The third kappa shape index (κ3) is 4.78. The molecule has 0 nitrogen and oxygen atoms in total. The van der Waals surface area contributed by atoms with Crippen molar-refractivity contribution in [3.8, 4) is 55.6 Å². The highest BCUT2D eigenvalue weighted by Gasteiger charge is 2.38. The van der Waals surface area contributed by atoms with Crippen LogP contribution in [0.3, 0.4) is 0 Å². The van der Waals surface area contributed by atoms with E-state index in [4.69, 9.17) is 0 Å². The van der Waals surface area contributed by atoms with Crippen LogP contribution in [0.2, 0.25) is 0 Å². The van der Waals surface area contributed by atoms with Gasteiger partial charge in [0.1, 0.15) is 0 Å². The molecular formula is C55H38. The number of fused-ring (bicyclic) bond motifs is 8. The Morgan fingerprint density at radius 3 is 1.47 bits per heavy atom. The van der Waals surface area contributed by atoms with Gasteiger partial charge in [-0.1, -0.05) is 202 Å². The maximum Gasteiger partial charge on any atom is 0.0165 e. The molecule has 0 saturated carbocycles. The zero-order chi connectivity index (χ0) is 36.7. The molecule has 10 aromatic carbocycles. The van der Waals surface area contributed by atoms with Gasteiger partial charge in [0.2, 0.25) is 0 Å². The first-order valence-electron chi connectivity index (χ1n) is 19.4. The van der Waals surface area contributed by atoms with Gasteiger partial charge >= 0.3 is 0 Å². The fourth-order valence-electron chi connectivity index (χ4n) is 9.78. The van der Waals surface area contributed by atoms with Crippen LogP contribution in [0.5, 0.6) is 0 Å². The van der Waals surface area contributed by atoms with Gasteiger partial charge in [-0.15, -0.1) is 0 Å². The molecule has 0 amide bonds. The first-order valence-corrected chi connectivity index (χ1v) is 19.4. The lowest BCUT2D eigenvalue weighted by molar-refractivity contribution is 0.666. The Balaban J connectivity index is 1.07.